The lowest BCUT2D eigenvalue weighted by atomic mass is 10.0. The minimum absolute atomic E-state index is 0.0738. The summed E-state index contributed by atoms with van der Waals surface area (Å²) in [6.07, 6.45) is 1.74. The summed E-state index contributed by atoms with van der Waals surface area (Å²) >= 11 is 2.67. The first kappa shape index (κ1) is 23.7. The molecule has 0 saturated heterocycles. The average molecular weight is 471 g/mol. The van der Waals surface area contributed by atoms with Crippen molar-refractivity contribution >= 4 is 40.0 Å². The van der Waals surface area contributed by atoms with Crippen LogP contribution in [0.1, 0.15) is 41.8 Å². The zero-order valence-corrected chi connectivity index (χ0v) is 19.9. The lowest BCUT2D eigenvalue weighted by Crippen LogP contribution is -2.33. The summed E-state index contributed by atoms with van der Waals surface area (Å²) in [7, 11) is 0. The first-order chi connectivity index (χ1) is 15.4. The number of benzene rings is 1. The van der Waals surface area contributed by atoms with Crippen LogP contribution < -0.4 is 10.6 Å². The number of nitrogens with one attached hydrogen (secondary N) is 2. The summed E-state index contributed by atoms with van der Waals surface area (Å²) in [4.78, 5) is 29.3. The van der Waals surface area contributed by atoms with Crippen LogP contribution in [0.3, 0.4) is 0 Å². The van der Waals surface area contributed by atoms with E-state index in [0.717, 1.165) is 5.69 Å². The van der Waals surface area contributed by atoms with Crippen molar-refractivity contribution in [2.45, 2.75) is 38.5 Å². The smallest absolute Gasteiger partial charge is 0.251 e. The van der Waals surface area contributed by atoms with Crippen LogP contribution in [0.5, 0.6) is 0 Å². The molecule has 0 aliphatic carbocycles. The van der Waals surface area contributed by atoms with Crippen molar-refractivity contribution in [2.24, 2.45) is 5.92 Å². The number of rotatable bonds is 10. The second-order valence-electron chi connectivity index (χ2n) is 7.43. The fraction of sp³-hybridized carbons (Fsp3) is 0.318. The predicted molar refractivity (Wildman–Crippen MR) is 128 cm³/mol. The molecular formula is C22H26N6O2S2. The zero-order chi connectivity index (χ0) is 23.1. The van der Waals surface area contributed by atoms with E-state index in [0.29, 0.717) is 28.2 Å². The number of thiazole rings is 1. The maximum atomic E-state index is 12.7. The van der Waals surface area contributed by atoms with Gasteiger partial charge in [-0.2, -0.15) is 0 Å². The van der Waals surface area contributed by atoms with Gasteiger partial charge in [-0.05, 0) is 25.0 Å². The van der Waals surface area contributed by atoms with Gasteiger partial charge in [0.25, 0.3) is 5.91 Å². The number of amides is 2. The quantitative estimate of drug-likeness (QED) is 0.342. The molecule has 0 bridgehead atoms. The molecule has 2 heterocycles. The molecular weight excluding hydrogens is 444 g/mol. The Hall–Kier alpha value is -2.98. The van der Waals surface area contributed by atoms with Crippen molar-refractivity contribution in [3.63, 3.8) is 0 Å². The molecule has 1 atom stereocenters. The normalized spacial score (nSPS) is 11.9. The molecule has 32 heavy (non-hydrogen) atoms. The monoisotopic (exact) mass is 470 g/mol. The maximum absolute atomic E-state index is 12.7. The molecule has 1 aromatic carbocycles. The van der Waals surface area contributed by atoms with Crippen LogP contribution in [0.15, 0.2) is 53.5 Å². The van der Waals surface area contributed by atoms with Gasteiger partial charge in [-0.1, -0.05) is 49.9 Å². The van der Waals surface area contributed by atoms with Crippen LogP contribution in [0.2, 0.25) is 0 Å². The van der Waals surface area contributed by atoms with Crippen LogP contribution in [0, 0.1) is 12.8 Å². The topological polar surface area (TPSA) is 102 Å². The fourth-order valence-corrected chi connectivity index (χ4v) is 4.44. The first-order valence-corrected chi connectivity index (χ1v) is 12.0. The number of carbonyl (C=O) groups is 2. The molecule has 0 aliphatic heterocycles. The van der Waals surface area contributed by atoms with E-state index in [2.05, 4.69) is 32.4 Å². The van der Waals surface area contributed by atoms with Gasteiger partial charge in [0.15, 0.2) is 16.1 Å². The number of allylic oxidation sites excluding steroid dienone is 1. The summed E-state index contributed by atoms with van der Waals surface area (Å²) < 4.78 is 1.88. The second kappa shape index (κ2) is 11.1. The van der Waals surface area contributed by atoms with Gasteiger partial charge in [-0.25, -0.2) is 4.98 Å². The van der Waals surface area contributed by atoms with E-state index >= 15 is 0 Å². The Labute approximate surface area is 195 Å². The lowest BCUT2D eigenvalue weighted by Gasteiger charge is -2.22. The minimum atomic E-state index is -0.350. The van der Waals surface area contributed by atoms with Crippen molar-refractivity contribution in [2.75, 3.05) is 11.1 Å². The van der Waals surface area contributed by atoms with E-state index < -0.39 is 0 Å². The van der Waals surface area contributed by atoms with Crippen molar-refractivity contribution in [1.82, 2.24) is 25.1 Å². The Morgan fingerprint density at radius 1 is 1.25 bits per heavy atom. The minimum Gasteiger partial charge on any atom is -0.342 e. The molecule has 2 aromatic heterocycles. The van der Waals surface area contributed by atoms with Gasteiger partial charge in [0.05, 0.1) is 17.5 Å². The number of aromatic nitrogens is 4. The molecule has 0 fully saturated rings. The highest BCUT2D eigenvalue weighted by molar-refractivity contribution is 7.99. The Morgan fingerprint density at radius 2 is 2.00 bits per heavy atom. The van der Waals surface area contributed by atoms with E-state index in [4.69, 9.17) is 0 Å². The molecule has 0 spiro atoms. The highest BCUT2D eigenvalue weighted by atomic mass is 32.2. The molecule has 0 saturated carbocycles. The van der Waals surface area contributed by atoms with E-state index in [1.807, 2.05) is 48.9 Å². The van der Waals surface area contributed by atoms with Gasteiger partial charge in [0, 0.05) is 17.5 Å². The van der Waals surface area contributed by atoms with Gasteiger partial charge in [0.2, 0.25) is 5.91 Å². The highest BCUT2D eigenvalue weighted by Crippen LogP contribution is 2.26. The SMILES string of the molecule is C=CCn1c(SCC(=O)Nc2nc(C)cs2)nnc1[C@@H](NC(=O)c1ccccc1)C(C)C. The number of nitrogens with zero attached hydrogens (tertiary/aromatic N) is 4. The second-order valence-corrected chi connectivity index (χ2v) is 9.23. The van der Waals surface area contributed by atoms with Gasteiger partial charge >= 0.3 is 0 Å². The largest absolute Gasteiger partial charge is 0.342 e. The third-order valence-corrected chi connectivity index (χ3v) is 6.36. The van der Waals surface area contributed by atoms with Crippen molar-refractivity contribution < 1.29 is 9.59 Å². The number of anilines is 1. The van der Waals surface area contributed by atoms with Crippen LogP contribution >= 0.6 is 23.1 Å². The van der Waals surface area contributed by atoms with Crippen molar-refractivity contribution in [3.05, 3.63) is 65.4 Å². The van der Waals surface area contributed by atoms with Crippen molar-refractivity contribution in [1.29, 1.82) is 0 Å². The summed E-state index contributed by atoms with van der Waals surface area (Å²) in [5.41, 5.74) is 1.45. The highest BCUT2D eigenvalue weighted by Gasteiger charge is 2.26. The predicted octanol–water partition coefficient (Wildman–Crippen LogP) is 4.09. The van der Waals surface area contributed by atoms with Gasteiger partial charge < -0.3 is 15.2 Å². The van der Waals surface area contributed by atoms with Gasteiger partial charge in [-0.15, -0.1) is 28.1 Å². The molecule has 2 amide bonds. The Balaban J connectivity index is 1.74. The van der Waals surface area contributed by atoms with Crippen LogP contribution in [0.4, 0.5) is 5.13 Å². The molecule has 168 valence electrons. The molecule has 0 radical (unpaired) electrons. The summed E-state index contributed by atoms with van der Waals surface area (Å²) in [5, 5.41) is 17.5. The van der Waals surface area contributed by atoms with E-state index in [9.17, 15) is 9.59 Å². The molecule has 8 nitrogen and oxygen atoms in total. The van der Waals surface area contributed by atoms with E-state index in [1.165, 1.54) is 23.1 Å². The standard InChI is InChI=1S/C22H26N6O2S2/c1-5-11-28-19(18(14(2)3)25-20(30)16-9-7-6-8-10-16)26-27-22(28)32-13-17(29)24-21-23-15(4)12-31-21/h5-10,12,14,18H,1,11,13H2,2-4H3,(H,25,30)(H,23,24,29)/t18-/m0/s1. The Bertz CT molecular complexity index is 1080. The summed E-state index contributed by atoms with van der Waals surface area (Å²) in [6.45, 7) is 10.2. The third-order valence-electron chi connectivity index (χ3n) is 4.52. The summed E-state index contributed by atoms with van der Waals surface area (Å²) in [6, 6.07) is 8.71. The maximum Gasteiger partial charge on any atom is 0.251 e. The van der Waals surface area contributed by atoms with E-state index in [1.54, 1.807) is 18.2 Å². The third kappa shape index (κ3) is 6.04. The fourth-order valence-electron chi connectivity index (χ4n) is 2.98. The number of thioether (sulfide) groups is 1. The van der Waals surface area contributed by atoms with Crippen LogP contribution in [0.25, 0.3) is 0 Å². The molecule has 2 N–H and O–H groups in total. The number of aryl methyl sites for hydroxylation is 1. The lowest BCUT2D eigenvalue weighted by molar-refractivity contribution is -0.113. The molecule has 10 heteroatoms. The van der Waals surface area contributed by atoms with Crippen LogP contribution in [-0.4, -0.2) is 37.3 Å². The molecule has 0 unspecified atom stereocenters. The Morgan fingerprint density at radius 3 is 2.62 bits per heavy atom. The van der Waals surface area contributed by atoms with Gasteiger partial charge in [0.1, 0.15) is 0 Å². The molecule has 0 aliphatic rings. The van der Waals surface area contributed by atoms with Gasteiger partial charge in [-0.3, -0.25) is 9.59 Å². The van der Waals surface area contributed by atoms with E-state index in [-0.39, 0.29) is 29.5 Å². The first-order valence-electron chi connectivity index (χ1n) is 10.1. The number of hydrogen-bond acceptors (Lipinski definition) is 7. The van der Waals surface area contributed by atoms with Crippen molar-refractivity contribution in [3.8, 4) is 0 Å². The molecule has 3 aromatic rings. The average Bonchev–Trinajstić information content (AvgIpc) is 3.36. The zero-order valence-electron chi connectivity index (χ0n) is 18.2. The van der Waals surface area contributed by atoms with Crippen LogP contribution in [-0.2, 0) is 11.3 Å². The number of hydrogen-bond donors (Lipinski definition) is 2. The number of carbonyl (C=O) groups excluding carboxylic acids is 2. The molecule has 3 rings (SSSR count). The Kier molecular flexibility index (Phi) is 8.18. The summed E-state index contributed by atoms with van der Waals surface area (Å²) in [5.74, 6) is 0.519.